The van der Waals surface area contributed by atoms with Crippen molar-refractivity contribution < 1.29 is 9.18 Å². The molecule has 2 N–H and O–H groups in total. The van der Waals surface area contributed by atoms with E-state index in [0.29, 0.717) is 17.9 Å². The van der Waals surface area contributed by atoms with E-state index in [1.807, 2.05) is 52.0 Å². The van der Waals surface area contributed by atoms with Gasteiger partial charge in [-0.25, -0.2) is 4.39 Å². The highest BCUT2D eigenvalue weighted by atomic mass is 19.1. The van der Waals surface area contributed by atoms with E-state index in [1.54, 1.807) is 24.3 Å². The number of hydrogen-bond donors (Lipinski definition) is 2. The quantitative estimate of drug-likeness (QED) is 0.455. The molecule has 0 aromatic heterocycles. The molecule has 0 aliphatic heterocycles. The lowest BCUT2D eigenvalue weighted by molar-refractivity contribution is -0.120. The maximum absolute atomic E-state index is 13.9. The molecule has 1 aromatic rings. The summed E-state index contributed by atoms with van der Waals surface area (Å²) in [5.74, 6) is -0.416. The van der Waals surface area contributed by atoms with E-state index >= 15 is 0 Å². The summed E-state index contributed by atoms with van der Waals surface area (Å²) in [6.45, 7) is 17.0. The highest BCUT2D eigenvalue weighted by Gasteiger charge is 2.09. The fourth-order valence-corrected chi connectivity index (χ4v) is 2.46. The van der Waals surface area contributed by atoms with E-state index in [0.717, 1.165) is 17.6 Å². The Hall–Kier alpha value is -3.14. The molecule has 0 saturated carbocycles. The van der Waals surface area contributed by atoms with Crippen LogP contribution >= 0.6 is 0 Å². The minimum Gasteiger partial charge on any atom is -0.356 e. The lowest BCUT2D eigenvalue weighted by Gasteiger charge is -2.13. The standard InChI is InChI=1S/C21H25FN2O.C4H6.C2H6/c1-4-18(24-20-11-9-16(3)12-19(20)22)13-21(25)23-14-17-7-5-6-15(2)8-10-17;1-3-4-2;1-2/h4-9,11-12,24H,10,13-14H2,1-3H3,(H,23,25);3-4H,1-2H2;1-2H3/b18-4+;;. The lowest BCUT2D eigenvalue weighted by Crippen LogP contribution is -2.26. The number of carbonyl (C=O) groups excluding carboxylic acids is 1. The molecule has 0 heterocycles. The zero-order valence-electron chi connectivity index (χ0n) is 19.6. The van der Waals surface area contributed by atoms with E-state index in [9.17, 15) is 9.18 Å². The fraction of sp³-hybridized carbons (Fsp3) is 0.296. The molecule has 0 radical (unpaired) electrons. The average Bonchev–Trinajstić information content (AvgIpc) is 2.99. The average molecular weight is 425 g/mol. The van der Waals surface area contributed by atoms with Gasteiger partial charge in [-0.15, -0.1) is 0 Å². The summed E-state index contributed by atoms with van der Waals surface area (Å²) >= 11 is 0. The Bertz CT molecular complexity index is 836. The summed E-state index contributed by atoms with van der Waals surface area (Å²) in [5.41, 5.74) is 4.28. The Kier molecular flexibility index (Phi) is 15.0. The van der Waals surface area contributed by atoms with Crippen LogP contribution in [0.2, 0.25) is 0 Å². The normalized spacial score (nSPS) is 12.5. The first kappa shape index (κ1) is 27.9. The highest BCUT2D eigenvalue weighted by Crippen LogP contribution is 2.18. The molecule has 1 aliphatic rings. The second-order valence-electron chi connectivity index (χ2n) is 6.68. The number of hydrogen-bond acceptors (Lipinski definition) is 2. The first-order valence-corrected chi connectivity index (χ1v) is 10.6. The summed E-state index contributed by atoms with van der Waals surface area (Å²) in [5, 5.41) is 5.92. The topological polar surface area (TPSA) is 41.1 Å². The molecule has 1 aromatic carbocycles. The van der Waals surface area contributed by atoms with E-state index in [-0.39, 0.29) is 18.1 Å². The number of nitrogens with one attached hydrogen (secondary N) is 2. The Morgan fingerprint density at radius 3 is 2.45 bits per heavy atom. The molecule has 0 atom stereocenters. The monoisotopic (exact) mass is 424 g/mol. The van der Waals surface area contributed by atoms with Gasteiger partial charge >= 0.3 is 0 Å². The largest absolute Gasteiger partial charge is 0.356 e. The summed E-state index contributed by atoms with van der Waals surface area (Å²) in [4.78, 5) is 12.2. The van der Waals surface area contributed by atoms with Crippen molar-refractivity contribution in [3.05, 3.63) is 102 Å². The molecule has 31 heavy (non-hydrogen) atoms. The van der Waals surface area contributed by atoms with Crippen LogP contribution in [0.25, 0.3) is 0 Å². The van der Waals surface area contributed by atoms with Crippen LogP contribution in [0.5, 0.6) is 0 Å². The van der Waals surface area contributed by atoms with E-state index < -0.39 is 0 Å². The number of benzene rings is 1. The van der Waals surface area contributed by atoms with Crippen LogP contribution in [0.1, 0.15) is 46.1 Å². The molecular formula is C27H37FN2O. The van der Waals surface area contributed by atoms with Crippen molar-refractivity contribution in [1.82, 2.24) is 5.32 Å². The molecule has 2 rings (SSSR count). The number of aryl methyl sites for hydroxylation is 1. The van der Waals surface area contributed by atoms with Gasteiger partial charge in [-0.1, -0.05) is 81.2 Å². The molecule has 0 unspecified atom stereocenters. The maximum atomic E-state index is 13.9. The SMILES string of the molecule is C/C=C(\CC(=O)NCC1=CC=CC(C)=CC1)Nc1ccc(C)cc1F.C=CC=C.CC. The predicted molar refractivity (Wildman–Crippen MR) is 133 cm³/mol. The van der Waals surface area contributed by atoms with Gasteiger partial charge in [-0.05, 0) is 50.5 Å². The molecule has 168 valence electrons. The number of allylic oxidation sites excluding steroid dienone is 8. The van der Waals surface area contributed by atoms with Gasteiger partial charge in [0.25, 0.3) is 0 Å². The third kappa shape index (κ3) is 12.2. The van der Waals surface area contributed by atoms with Crippen molar-refractivity contribution >= 4 is 11.6 Å². The van der Waals surface area contributed by atoms with Gasteiger partial charge < -0.3 is 10.6 Å². The molecule has 0 bridgehead atoms. The number of halogens is 1. The van der Waals surface area contributed by atoms with Crippen LogP contribution in [0.4, 0.5) is 10.1 Å². The number of rotatable bonds is 7. The van der Waals surface area contributed by atoms with Crippen molar-refractivity contribution in [1.29, 1.82) is 0 Å². The summed E-state index contributed by atoms with van der Waals surface area (Å²) in [6.07, 6.45) is 14.3. The lowest BCUT2D eigenvalue weighted by atomic mass is 10.1. The molecule has 3 nitrogen and oxygen atoms in total. The summed E-state index contributed by atoms with van der Waals surface area (Å²) < 4.78 is 13.9. The number of anilines is 1. The molecule has 1 aliphatic carbocycles. The molecule has 0 saturated heterocycles. The van der Waals surface area contributed by atoms with Crippen LogP contribution in [0, 0.1) is 12.7 Å². The van der Waals surface area contributed by atoms with E-state index in [1.165, 1.54) is 11.6 Å². The predicted octanol–water partition coefficient (Wildman–Crippen LogP) is 7.17. The first-order valence-electron chi connectivity index (χ1n) is 10.6. The third-order valence-corrected chi connectivity index (χ3v) is 4.18. The van der Waals surface area contributed by atoms with Gasteiger partial charge in [0.15, 0.2) is 0 Å². The zero-order valence-corrected chi connectivity index (χ0v) is 19.6. The zero-order chi connectivity index (χ0) is 23.6. The summed E-state index contributed by atoms with van der Waals surface area (Å²) in [7, 11) is 0. The highest BCUT2D eigenvalue weighted by molar-refractivity contribution is 5.79. The van der Waals surface area contributed by atoms with Crippen molar-refractivity contribution in [2.24, 2.45) is 0 Å². The van der Waals surface area contributed by atoms with Crippen molar-refractivity contribution in [3.63, 3.8) is 0 Å². The van der Waals surface area contributed by atoms with Crippen LogP contribution in [0.3, 0.4) is 0 Å². The molecule has 0 fully saturated rings. The van der Waals surface area contributed by atoms with Crippen LogP contribution in [-0.4, -0.2) is 12.5 Å². The second-order valence-corrected chi connectivity index (χ2v) is 6.68. The molecule has 4 heteroatoms. The fourth-order valence-electron chi connectivity index (χ4n) is 2.46. The number of amides is 1. The van der Waals surface area contributed by atoms with Gasteiger partial charge in [-0.2, -0.15) is 0 Å². The van der Waals surface area contributed by atoms with Gasteiger partial charge in [0.2, 0.25) is 5.91 Å². The second kappa shape index (κ2) is 16.6. The van der Waals surface area contributed by atoms with E-state index in [4.69, 9.17) is 0 Å². The van der Waals surface area contributed by atoms with Gasteiger partial charge in [0.05, 0.1) is 12.1 Å². The van der Waals surface area contributed by atoms with Crippen molar-refractivity contribution in [3.8, 4) is 0 Å². The molecule has 0 spiro atoms. The smallest absolute Gasteiger partial charge is 0.226 e. The minimum atomic E-state index is -0.322. The van der Waals surface area contributed by atoms with Crippen LogP contribution < -0.4 is 10.6 Å². The first-order chi connectivity index (χ1) is 14.9. The van der Waals surface area contributed by atoms with Crippen molar-refractivity contribution in [2.75, 3.05) is 11.9 Å². The molecule has 1 amide bonds. The maximum Gasteiger partial charge on any atom is 0.226 e. The van der Waals surface area contributed by atoms with Gasteiger partial charge in [0, 0.05) is 12.2 Å². The Morgan fingerprint density at radius 2 is 1.87 bits per heavy atom. The van der Waals surface area contributed by atoms with Crippen molar-refractivity contribution in [2.45, 2.75) is 47.5 Å². The third-order valence-electron chi connectivity index (χ3n) is 4.18. The van der Waals surface area contributed by atoms with Crippen LogP contribution in [0.15, 0.2) is 90.7 Å². The molecular weight excluding hydrogens is 387 g/mol. The van der Waals surface area contributed by atoms with E-state index in [2.05, 4.69) is 36.8 Å². The Labute approximate surface area is 187 Å². The van der Waals surface area contributed by atoms with Gasteiger partial charge in [0.1, 0.15) is 5.82 Å². The Morgan fingerprint density at radius 1 is 1.19 bits per heavy atom. The number of carbonyl (C=O) groups is 1. The summed E-state index contributed by atoms with van der Waals surface area (Å²) in [6, 6.07) is 4.99. The Balaban J connectivity index is 0.00000134. The minimum absolute atomic E-state index is 0.0945. The van der Waals surface area contributed by atoms with Crippen LogP contribution in [-0.2, 0) is 4.79 Å². The van der Waals surface area contributed by atoms with Gasteiger partial charge in [-0.3, -0.25) is 4.79 Å².